The van der Waals surface area contributed by atoms with Crippen molar-refractivity contribution in [2.24, 2.45) is 0 Å². The molecule has 7 heteroatoms. The van der Waals surface area contributed by atoms with Crippen LogP contribution in [-0.4, -0.2) is 39.1 Å². The molecular weight excluding hydrogens is 354 g/mol. The van der Waals surface area contributed by atoms with E-state index in [1.54, 1.807) is 6.07 Å². The normalized spacial score (nSPS) is 14.9. The van der Waals surface area contributed by atoms with Gasteiger partial charge in [-0.15, -0.1) is 0 Å². The lowest BCUT2D eigenvalue weighted by Gasteiger charge is -2.22. The Morgan fingerprint density at radius 3 is 2.79 bits per heavy atom. The molecule has 1 aliphatic rings. The molecule has 3 aromatic rings. The Bertz CT molecular complexity index is 922. The zero-order valence-electron chi connectivity index (χ0n) is 16.0. The first-order chi connectivity index (χ1) is 13.7. The molecule has 0 atom stereocenters. The molecule has 1 aromatic carbocycles. The second kappa shape index (κ2) is 8.39. The number of rotatable bonds is 6. The molecule has 4 rings (SSSR count). The Hall–Kier alpha value is -2.93. The van der Waals surface area contributed by atoms with E-state index in [1.807, 2.05) is 16.9 Å². The third-order valence-corrected chi connectivity index (χ3v) is 5.03. The monoisotopic (exact) mass is 379 g/mol. The Morgan fingerprint density at radius 2 is 2.04 bits per heavy atom. The molecule has 0 aliphatic carbocycles. The van der Waals surface area contributed by atoms with Gasteiger partial charge in [-0.25, -0.2) is 0 Å². The van der Waals surface area contributed by atoms with E-state index in [0.29, 0.717) is 17.6 Å². The van der Waals surface area contributed by atoms with Gasteiger partial charge in [0.15, 0.2) is 11.5 Å². The number of nitrogens with one attached hydrogen (secondary N) is 2. The largest absolute Gasteiger partial charge is 0.381 e. The molecule has 1 saturated heterocycles. The predicted molar refractivity (Wildman–Crippen MR) is 107 cm³/mol. The van der Waals surface area contributed by atoms with Crippen LogP contribution < -0.4 is 5.32 Å². The molecule has 2 N–H and O–H groups in total. The van der Waals surface area contributed by atoms with Crippen LogP contribution in [0, 0.1) is 0 Å². The highest BCUT2D eigenvalue weighted by molar-refractivity contribution is 6.02. The maximum absolute atomic E-state index is 12.5. The SMILES string of the molecule is CCCc1ccc(-c2cc(NC(=O)c3ccn(C4CCOCC4)n3)n[nH]2)cc1. The molecule has 0 bridgehead atoms. The summed E-state index contributed by atoms with van der Waals surface area (Å²) in [6.45, 7) is 3.65. The third kappa shape index (κ3) is 4.14. The van der Waals surface area contributed by atoms with Crippen LogP contribution in [0.3, 0.4) is 0 Å². The fraction of sp³-hybridized carbons (Fsp3) is 0.381. The van der Waals surface area contributed by atoms with Crippen molar-refractivity contribution in [2.75, 3.05) is 18.5 Å². The fourth-order valence-electron chi connectivity index (χ4n) is 3.47. The van der Waals surface area contributed by atoms with Crippen LogP contribution in [-0.2, 0) is 11.2 Å². The summed E-state index contributed by atoms with van der Waals surface area (Å²) in [6, 6.07) is 12.3. The molecule has 28 heavy (non-hydrogen) atoms. The lowest BCUT2D eigenvalue weighted by Crippen LogP contribution is -2.21. The number of carbonyl (C=O) groups is 1. The Labute approximate surface area is 164 Å². The van der Waals surface area contributed by atoms with Gasteiger partial charge in [0.25, 0.3) is 5.91 Å². The molecule has 146 valence electrons. The summed E-state index contributed by atoms with van der Waals surface area (Å²) in [7, 11) is 0. The number of carbonyl (C=O) groups excluding carboxylic acids is 1. The molecule has 2 aromatic heterocycles. The Kier molecular flexibility index (Phi) is 5.53. The molecule has 1 aliphatic heterocycles. The van der Waals surface area contributed by atoms with Crippen LogP contribution in [0.25, 0.3) is 11.3 Å². The molecule has 7 nitrogen and oxygen atoms in total. The lowest BCUT2D eigenvalue weighted by atomic mass is 10.1. The summed E-state index contributed by atoms with van der Waals surface area (Å²) in [5.74, 6) is 0.223. The minimum absolute atomic E-state index is 0.262. The lowest BCUT2D eigenvalue weighted by molar-refractivity contribution is 0.0661. The van der Waals surface area contributed by atoms with E-state index in [2.05, 4.69) is 51.8 Å². The molecule has 0 saturated carbocycles. The highest BCUT2D eigenvalue weighted by atomic mass is 16.5. The second-order valence-corrected chi connectivity index (χ2v) is 7.09. The van der Waals surface area contributed by atoms with Crippen molar-refractivity contribution in [2.45, 2.75) is 38.6 Å². The van der Waals surface area contributed by atoms with Crippen LogP contribution in [0.15, 0.2) is 42.6 Å². The van der Waals surface area contributed by atoms with Gasteiger partial charge in [0.1, 0.15) is 0 Å². The molecule has 0 radical (unpaired) electrons. The van der Waals surface area contributed by atoms with Crippen molar-refractivity contribution in [1.82, 2.24) is 20.0 Å². The third-order valence-electron chi connectivity index (χ3n) is 5.03. The smallest absolute Gasteiger partial charge is 0.277 e. The number of nitrogens with zero attached hydrogens (tertiary/aromatic N) is 3. The number of aromatic nitrogens is 4. The minimum Gasteiger partial charge on any atom is -0.381 e. The van der Waals surface area contributed by atoms with Crippen LogP contribution >= 0.6 is 0 Å². The molecule has 3 heterocycles. The minimum atomic E-state index is -0.262. The number of amides is 1. The number of aromatic amines is 1. The van der Waals surface area contributed by atoms with Crippen molar-refractivity contribution >= 4 is 11.7 Å². The first-order valence-electron chi connectivity index (χ1n) is 9.82. The molecule has 0 spiro atoms. The van der Waals surface area contributed by atoms with Gasteiger partial charge in [0.05, 0.1) is 11.7 Å². The van der Waals surface area contributed by atoms with Gasteiger partial charge in [-0.1, -0.05) is 37.6 Å². The fourth-order valence-corrected chi connectivity index (χ4v) is 3.47. The van der Waals surface area contributed by atoms with E-state index in [0.717, 1.165) is 50.2 Å². The number of benzene rings is 1. The maximum Gasteiger partial charge on any atom is 0.277 e. The summed E-state index contributed by atoms with van der Waals surface area (Å²) < 4.78 is 7.25. The van der Waals surface area contributed by atoms with Crippen LogP contribution in [0.4, 0.5) is 5.82 Å². The zero-order chi connectivity index (χ0) is 19.3. The average Bonchev–Trinajstić information content (AvgIpc) is 3.39. The summed E-state index contributed by atoms with van der Waals surface area (Å²) in [5, 5.41) is 14.4. The van der Waals surface area contributed by atoms with Crippen molar-refractivity contribution in [3.05, 3.63) is 53.9 Å². The molecule has 0 unspecified atom stereocenters. The molecular formula is C21H25N5O2. The van der Waals surface area contributed by atoms with Gasteiger partial charge >= 0.3 is 0 Å². The Balaban J connectivity index is 1.40. The van der Waals surface area contributed by atoms with E-state index in [4.69, 9.17) is 4.74 Å². The van der Waals surface area contributed by atoms with Crippen LogP contribution in [0.1, 0.15) is 48.3 Å². The standard InChI is InChI=1S/C21H25N5O2/c1-2-3-15-4-6-16(7-5-15)19-14-20(24-23-19)22-21(27)18-8-11-26(25-18)17-9-12-28-13-10-17/h4-8,11,14,17H,2-3,9-10,12-13H2,1H3,(H2,22,23,24,27). The van der Waals surface area contributed by atoms with E-state index >= 15 is 0 Å². The van der Waals surface area contributed by atoms with E-state index in [1.165, 1.54) is 5.56 Å². The van der Waals surface area contributed by atoms with E-state index in [9.17, 15) is 4.79 Å². The number of hydrogen-bond acceptors (Lipinski definition) is 4. The highest BCUT2D eigenvalue weighted by Crippen LogP contribution is 2.22. The first-order valence-corrected chi connectivity index (χ1v) is 9.82. The topological polar surface area (TPSA) is 84.8 Å². The average molecular weight is 379 g/mol. The van der Waals surface area contributed by atoms with Gasteiger partial charge in [0, 0.05) is 25.5 Å². The van der Waals surface area contributed by atoms with Crippen molar-refractivity contribution in [1.29, 1.82) is 0 Å². The van der Waals surface area contributed by atoms with Gasteiger partial charge < -0.3 is 10.1 Å². The van der Waals surface area contributed by atoms with E-state index in [-0.39, 0.29) is 5.91 Å². The van der Waals surface area contributed by atoms with Crippen molar-refractivity contribution in [3.63, 3.8) is 0 Å². The zero-order valence-corrected chi connectivity index (χ0v) is 16.0. The second-order valence-electron chi connectivity index (χ2n) is 7.09. The van der Waals surface area contributed by atoms with E-state index < -0.39 is 0 Å². The number of anilines is 1. The predicted octanol–water partition coefficient (Wildman–Crippen LogP) is 3.83. The molecule has 1 fully saturated rings. The number of H-pyrrole nitrogens is 1. The first kappa shape index (κ1) is 18.4. The van der Waals surface area contributed by atoms with Crippen LogP contribution in [0.5, 0.6) is 0 Å². The summed E-state index contributed by atoms with van der Waals surface area (Å²) in [5.41, 5.74) is 3.61. The maximum atomic E-state index is 12.5. The summed E-state index contributed by atoms with van der Waals surface area (Å²) >= 11 is 0. The summed E-state index contributed by atoms with van der Waals surface area (Å²) in [6.07, 6.45) is 5.90. The van der Waals surface area contributed by atoms with Gasteiger partial charge in [0.2, 0.25) is 0 Å². The summed E-state index contributed by atoms with van der Waals surface area (Å²) in [4.78, 5) is 12.5. The van der Waals surface area contributed by atoms with Gasteiger partial charge in [-0.3, -0.25) is 14.6 Å². The highest BCUT2D eigenvalue weighted by Gasteiger charge is 2.19. The Morgan fingerprint density at radius 1 is 1.25 bits per heavy atom. The quantitative estimate of drug-likeness (QED) is 0.682. The number of ether oxygens (including phenoxy) is 1. The molecule has 1 amide bonds. The number of aryl methyl sites for hydroxylation is 1. The number of hydrogen-bond donors (Lipinski definition) is 2. The van der Waals surface area contributed by atoms with Crippen molar-refractivity contribution < 1.29 is 9.53 Å². The van der Waals surface area contributed by atoms with Crippen LogP contribution in [0.2, 0.25) is 0 Å². The van der Waals surface area contributed by atoms with Gasteiger partial charge in [-0.2, -0.15) is 10.2 Å². The van der Waals surface area contributed by atoms with Crippen molar-refractivity contribution in [3.8, 4) is 11.3 Å². The van der Waals surface area contributed by atoms with Gasteiger partial charge in [-0.05, 0) is 36.5 Å².